The van der Waals surface area contributed by atoms with Crippen molar-refractivity contribution in [1.29, 1.82) is 0 Å². The van der Waals surface area contributed by atoms with Crippen molar-refractivity contribution in [3.63, 3.8) is 0 Å². The van der Waals surface area contributed by atoms with Gasteiger partial charge in [-0.2, -0.15) is 0 Å². The van der Waals surface area contributed by atoms with E-state index < -0.39 is 0 Å². The highest BCUT2D eigenvalue weighted by Gasteiger charge is 2.12. The van der Waals surface area contributed by atoms with E-state index in [1.165, 1.54) is 5.56 Å². The Bertz CT molecular complexity index is 625. The van der Waals surface area contributed by atoms with Gasteiger partial charge in [0.15, 0.2) is 0 Å². The Labute approximate surface area is 125 Å². The van der Waals surface area contributed by atoms with Crippen molar-refractivity contribution in [2.75, 3.05) is 11.4 Å². The molecule has 0 radical (unpaired) electrons. The van der Waals surface area contributed by atoms with Gasteiger partial charge in [-0.25, -0.2) is 5.84 Å². The quantitative estimate of drug-likeness (QED) is 0.504. The van der Waals surface area contributed by atoms with Gasteiger partial charge in [-0.3, -0.25) is 10.2 Å². The summed E-state index contributed by atoms with van der Waals surface area (Å²) in [5.74, 6) is 5.00. The number of amides is 1. The summed E-state index contributed by atoms with van der Waals surface area (Å²) in [6.07, 6.45) is 0. The fourth-order valence-corrected chi connectivity index (χ4v) is 2.37. The van der Waals surface area contributed by atoms with Crippen molar-refractivity contribution >= 4 is 11.6 Å². The highest BCUT2D eigenvalue weighted by atomic mass is 16.2. The molecule has 110 valence electrons. The van der Waals surface area contributed by atoms with E-state index in [-0.39, 0.29) is 5.91 Å². The lowest BCUT2D eigenvalue weighted by Gasteiger charge is -2.24. The summed E-state index contributed by atoms with van der Waals surface area (Å²) in [5.41, 5.74) is 6.16. The van der Waals surface area contributed by atoms with E-state index in [4.69, 9.17) is 5.84 Å². The molecule has 0 atom stereocenters. The number of nitrogens with zero attached hydrogens (tertiary/aromatic N) is 1. The Morgan fingerprint density at radius 1 is 1.19 bits per heavy atom. The van der Waals surface area contributed by atoms with Crippen LogP contribution < -0.4 is 16.2 Å². The Morgan fingerprint density at radius 3 is 2.62 bits per heavy atom. The molecule has 0 heterocycles. The second-order valence-electron chi connectivity index (χ2n) is 4.98. The summed E-state index contributed by atoms with van der Waals surface area (Å²) in [7, 11) is 0. The highest BCUT2D eigenvalue weighted by Crippen LogP contribution is 2.20. The second-order valence-corrected chi connectivity index (χ2v) is 4.98. The van der Waals surface area contributed by atoms with Crippen molar-refractivity contribution in [3.05, 3.63) is 65.2 Å². The van der Waals surface area contributed by atoms with Crippen LogP contribution in [-0.4, -0.2) is 12.5 Å². The van der Waals surface area contributed by atoms with Gasteiger partial charge in [-0.15, -0.1) is 0 Å². The average molecular weight is 283 g/mol. The van der Waals surface area contributed by atoms with Gasteiger partial charge in [0.1, 0.15) is 0 Å². The van der Waals surface area contributed by atoms with E-state index in [0.717, 1.165) is 17.8 Å². The Kier molecular flexibility index (Phi) is 4.95. The zero-order valence-electron chi connectivity index (χ0n) is 12.5. The number of nitrogen functional groups attached to an aromatic ring is 1. The van der Waals surface area contributed by atoms with Crippen LogP contribution in [0.4, 0.5) is 5.69 Å². The zero-order chi connectivity index (χ0) is 15.2. The number of aryl methyl sites for hydroxylation is 1. The molecule has 0 saturated carbocycles. The topological polar surface area (TPSA) is 58.4 Å². The normalized spacial score (nSPS) is 10.2. The Hall–Kier alpha value is -2.33. The minimum Gasteiger partial charge on any atom is -0.367 e. The van der Waals surface area contributed by atoms with Gasteiger partial charge in [-0.1, -0.05) is 30.3 Å². The van der Waals surface area contributed by atoms with E-state index in [1.807, 2.05) is 24.3 Å². The summed E-state index contributed by atoms with van der Waals surface area (Å²) in [6, 6.07) is 15.9. The molecule has 3 N–H and O–H groups in total. The SMILES string of the molecule is CCN(Cc1ccccc1C(=O)NN)c1cccc(C)c1. The average Bonchev–Trinajstić information content (AvgIpc) is 2.52. The van der Waals surface area contributed by atoms with Crippen LogP contribution in [0.2, 0.25) is 0 Å². The lowest BCUT2D eigenvalue weighted by molar-refractivity contribution is 0.0952. The smallest absolute Gasteiger partial charge is 0.265 e. The number of nitrogens with one attached hydrogen (secondary N) is 1. The van der Waals surface area contributed by atoms with Gasteiger partial charge >= 0.3 is 0 Å². The van der Waals surface area contributed by atoms with Gasteiger partial charge in [0.25, 0.3) is 5.91 Å². The largest absolute Gasteiger partial charge is 0.367 e. The van der Waals surface area contributed by atoms with Gasteiger partial charge in [0, 0.05) is 24.3 Å². The third-order valence-corrected chi connectivity index (χ3v) is 3.50. The monoisotopic (exact) mass is 283 g/mol. The molecule has 21 heavy (non-hydrogen) atoms. The van der Waals surface area contributed by atoms with Crippen molar-refractivity contribution in [2.24, 2.45) is 5.84 Å². The van der Waals surface area contributed by atoms with Crippen molar-refractivity contribution < 1.29 is 4.79 Å². The Balaban J connectivity index is 2.29. The number of anilines is 1. The fraction of sp³-hybridized carbons (Fsp3) is 0.235. The number of nitrogens with two attached hydrogens (primary N) is 1. The van der Waals surface area contributed by atoms with Crippen LogP contribution in [0, 0.1) is 6.92 Å². The molecular formula is C17H21N3O. The molecule has 0 aliphatic rings. The molecule has 1 amide bonds. The maximum absolute atomic E-state index is 11.8. The van der Waals surface area contributed by atoms with Crippen LogP contribution in [0.25, 0.3) is 0 Å². The molecule has 4 nitrogen and oxygen atoms in total. The van der Waals surface area contributed by atoms with E-state index in [2.05, 4.69) is 42.4 Å². The van der Waals surface area contributed by atoms with Crippen LogP contribution >= 0.6 is 0 Å². The minimum atomic E-state index is -0.258. The van der Waals surface area contributed by atoms with Crippen LogP contribution in [0.1, 0.15) is 28.4 Å². The van der Waals surface area contributed by atoms with Gasteiger partial charge < -0.3 is 4.90 Å². The molecule has 0 aliphatic heterocycles. The van der Waals surface area contributed by atoms with E-state index >= 15 is 0 Å². The van der Waals surface area contributed by atoms with Crippen LogP contribution in [0.15, 0.2) is 48.5 Å². The van der Waals surface area contributed by atoms with Crippen molar-refractivity contribution in [3.8, 4) is 0 Å². The molecule has 2 aromatic carbocycles. The van der Waals surface area contributed by atoms with Gasteiger partial charge in [0.05, 0.1) is 0 Å². The first-order valence-electron chi connectivity index (χ1n) is 7.06. The second kappa shape index (κ2) is 6.90. The molecule has 2 aromatic rings. The molecule has 0 bridgehead atoms. The third-order valence-electron chi connectivity index (χ3n) is 3.50. The van der Waals surface area contributed by atoms with Crippen molar-refractivity contribution in [2.45, 2.75) is 20.4 Å². The first-order chi connectivity index (χ1) is 10.2. The highest BCUT2D eigenvalue weighted by molar-refractivity contribution is 5.95. The number of hydrazine groups is 1. The first kappa shape index (κ1) is 15.1. The molecule has 4 heteroatoms. The number of carbonyl (C=O) groups is 1. The van der Waals surface area contributed by atoms with E-state index in [0.29, 0.717) is 12.1 Å². The summed E-state index contributed by atoms with van der Waals surface area (Å²) in [5, 5.41) is 0. The van der Waals surface area contributed by atoms with Crippen LogP contribution in [0.5, 0.6) is 0 Å². The number of carbonyl (C=O) groups excluding carboxylic acids is 1. The molecule has 0 saturated heterocycles. The summed E-state index contributed by atoms with van der Waals surface area (Å²) < 4.78 is 0. The maximum Gasteiger partial charge on any atom is 0.265 e. The summed E-state index contributed by atoms with van der Waals surface area (Å²) >= 11 is 0. The number of hydrogen-bond acceptors (Lipinski definition) is 3. The van der Waals surface area contributed by atoms with E-state index in [9.17, 15) is 4.79 Å². The molecule has 2 rings (SSSR count). The van der Waals surface area contributed by atoms with Crippen LogP contribution in [-0.2, 0) is 6.54 Å². The van der Waals surface area contributed by atoms with E-state index in [1.54, 1.807) is 6.07 Å². The lowest BCUT2D eigenvalue weighted by Crippen LogP contribution is -2.32. The molecular weight excluding hydrogens is 262 g/mol. The molecule has 0 aromatic heterocycles. The number of rotatable bonds is 5. The summed E-state index contributed by atoms with van der Waals surface area (Å²) in [4.78, 5) is 14.1. The number of benzene rings is 2. The molecule has 0 fully saturated rings. The lowest BCUT2D eigenvalue weighted by atomic mass is 10.1. The summed E-state index contributed by atoms with van der Waals surface area (Å²) in [6.45, 7) is 5.71. The maximum atomic E-state index is 11.8. The molecule has 0 spiro atoms. The predicted molar refractivity (Wildman–Crippen MR) is 86.0 cm³/mol. The fourth-order valence-electron chi connectivity index (χ4n) is 2.37. The molecule has 0 unspecified atom stereocenters. The van der Waals surface area contributed by atoms with Gasteiger partial charge in [0.2, 0.25) is 0 Å². The zero-order valence-corrected chi connectivity index (χ0v) is 12.5. The minimum absolute atomic E-state index is 0.258. The Morgan fingerprint density at radius 2 is 1.95 bits per heavy atom. The predicted octanol–water partition coefficient (Wildman–Crippen LogP) is 2.63. The standard InChI is InChI=1S/C17H21N3O/c1-3-20(15-9-6-7-13(2)11-15)12-14-8-4-5-10-16(14)17(21)19-18/h4-11H,3,12,18H2,1-2H3,(H,19,21). The van der Waals surface area contributed by atoms with Crippen LogP contribution in [0.3, 0.4) is 0 Å². The first-order valence-corrected chi connectivity index (χ1v) is 7.06. The van der Waals surface area contributed by atoms with Gasteiger partial charge in [-0.05, 0) is 43.2 Å². The number of hydrogen-bond donors (Lipinski definition) is 2. The molecule has 0 aliphatic carbocycles. The van der Waals surface area contributed by atoms with Crippen molar-refractivity contribution in [1.82, 2.24) is 5.43 Å². The third kappa shape index (κ3) is 3.61.